The summed E-state index contributed by atoms with van der Waals surface area (Å²) in [5.41, 5.74) is 1.88. The first kappa shape index (κ1) is 19.9. The molecule has 0 spiro atoms. The Kier molecular flexibility index (Phi) is 7.14. The Morgan fingerprint density at radius 2 is 2.04 bits per heavy atom. The topological polar surface area (TPSA) is 99.0 Å². The number of esters is 1. The minimum absolute atomic E-state index is 0.0951. The minimum atomic E-state index is -0.652. The number of nitrogens with one attached hydrogen (secondary N) is 1. The lowest BCUT2D eigenvalue weighted by Crippen LogP contribution is -2.43. The molecule has 0 aliphatic carbocycles. The van der Waals surface area contributed by atoms with Crippen molar-refractivity contribution in [3.8, 4) is 5.69 Å². The Bertz CT molecular complexity index is 762. The van der Waals surface area contributed by atoms with E-state index in [1.165, 1.54) is 18.9 Å². The lowest BCUT2D eigenvalue weighted by molar-refractivity contribution is -0.145. The molecule has 9 heteroatoms. The Labute approximate surface area is 156 Å². The summed E-state index contributed by atoms with van der Waals surface area (Å²) in [4.78, 5) is 24.1. The molecule has 8 nitrogen and oxygen atoms in total. The van der Waals surface area contributed by atoms with Crippen molar-refractivity contribution in [3.05, 3.63) is 29.8 Å². The van der Waals surface area contributed by atoms with Gasteiger partial charge in [0.15, 0.2) is 0 Å². The Morgan fingerprint density at radius 1 is 1.31 bits per heavy atom. The molecule has 1 heterocycles. The molecule has 1 atom stereocenters. The number of amides is 1. The van der Waals surface area contributed by atoms with Crippen LogP contribution in [0, 0.1) is 12.8 Å². The molecule has 0 radical (unpaired) electrons. The molecular weight excluding hydrogens is 354 g/mol. The van der Waals surface area contributed by atoms with E-state index in [4.69, 9.17) is 4.74 Å². The molecule has 0 unspecified atom stereocenters. The molecule has 26 heavy (non-hydrogen) atoms. The van der Waals surface area contributed by atoms with Gasteiger partial charge >= 0.3 is 5.97 Å². The van der Waals surface area contributed by atoms with E-state index in [0.29, 0.717) is 11.6 Å². The van der Waals surface area contributed by atoms with Crippen molar-refractivity contribution in [3.63, 3.8) is 0 Å². The van der Waals surface area contributed by atoms with Crippen molar-refractivity contribution in [2.45, 2.75) is 38.4 Å². The van der Waals surface area contributed by atoms with Gasteiger partial charge in [-0.05, 0) is 41.3 Å². The van der Waals surface area contributed by atoms with E-state index < -0.39 is 12.0 Å². The lowest BCUT2D eigenvalue weighted by atomic mass is 10.0. The molecule has 1 N–H and O–H groups in total. The summed E-state index contributed by atoms with van der Waals surface area (Å²) in [6.45, 7) is 5.92. The molecular formula is C17H23N5O3S. The van der Waals surface area contributed by atoms with E-state index in [9.17, 15) is 9.59 Å². The molecule has 1 amide bonds. The zero-order chi connectivity index (χ0) is 19.1. The van der Waals surface area contributed by atoms with Gasteiger partial charge in [0.1, 0.15) is 6.04 Å². The number of nitrogens with zero attached hydrogens (tertiary/aromatic N) is 4. The number of carbonyl (C=O) groups is 2. The third-order valence-electron chi connectivity index (χ3n) is 3.64. The fraction of sp³-hybridized carbons (Fsp3) is 0.471. The van der Waals surface area contributed by atoms with Gasteiger partial charge in [-0.25, -0.2) is 4.79 Å². The second-order valence-corrected chi connectivity index (χ2v) is 7.16. The Balaban J connectivity index is 2.01. The number of benzene rings is 1. The number of ether oxygens (including phenoxy) is 1. The van der Waals surface area contributed by atoms with Gasteiger partial charge < -0.3 is 10.1 Å². The fourth-order valence-electron chi connectivity index (χ4n) is 2.42. The first-order valence-electron chi connectivity index (χ1n) is 8.26. The molecule has 0 saturated carbocycles. The number of aryl methyl sites for hydroxylation is 1. The maximum atomic E-state index is 12.2. The van der Waals surface area contributed by atoms with E-state index >= 15 is 0 Å². The van der Waals surface area contributed by atoms with Gasteiger partial charge in [-0.3, -0.25) is 4.79 Å². The third kappa shape index (κ3) is 5.29. The number of thioether (sulfide) groups is 1. The zero-order valence-electron chi connectivity index (χ0n) is 15.3. The van der Waals surface area contributed by atoms with Crippen LogP contribution in [0.25, 0.3) is 5.69 Å². The van der Waals surface area contributed by atoms with Crippen molar-refractivity contribution >= 4 is 23.6 Å². The largest absolute Gasteiger partial charge is 0.467 e. The van der Waals surface area contributed by atoms with Gasteiger partial charge in [-0.15, -0.1) is 5.10 Å². The van der Waals surface area contributed by atoms with Gasteiger partial charge in [0.2, 0.25) is 11.1 Å². The zero-order valence-corrected chi connectivity index (χ0v) is 16.1. The van der Waals surface area contributed by atoms with Crippen molar-refractivity contribution in [2.75, 3.05) is 12.9 Å². The van der Waals surface area contributed by atoms with E-state index in [1.54, 1.807) is 4.68 Å². The van der Waals surface area contributed by atoms with Crippen molar-refractivity contribution in [1.29, 1.82) is 0 Å². The van der Waals surface area contributed by atoms with Crippen molar-refractivity contribution in [2.24, 2.45) is 5.92 Å². The Morgan fingerprint density at radius 3 is 2.69 bits per heavy atom. The van der Waals surface area contributed by atoms with Crippen LogP contribution in [0.3, 0.4) is 0 Å². The van der Waals surface area contributed by atoms with E-state index in [2.05, 4.69) is 20.8 Å². The summed E-state index contributed by atoms with van der Waals surface area (Å²) in [5.74, 6) is -0.370. The summed E-state index contributed by atoms with van der Waals surface area (Å²) in [6, 6.07) is 7.06. The molecule has 1 aromatic heterocycles. The molecule has 0 aliphatic rings. The van der Waals surface area contributed by atoms with Gasteiger partial charge in [0.05, 0.1) is 18.6 Å². The molecule has 2 rings (SSSR count). The van der Waals surface area contributed by atoms with Crippen LogP contribution in [-0.4, -0.2) is 51.0 Å². The average molecular weight is 377 g/mol. The van der Waals surface area contributed by atoms with Crippen LogP contribution in [-0.2, 0) is 14.3 Å². The van der Waals surface area contributed by atoms with Gasteiger partial charge in [-0.2, -0.15) is 4.68 Å². The third-order valence-corrected chi connectivity index (χ3v) is 4.56. The first-order chi connectivity index (χ1) is 12.4. The van der Waals surface area contributed by atoms with Crippen molar-refractivity contribution in [1.82, 2.24) is 25.5 Å². The highest BCUT2D eigenvalue weighted by atomic mass is 32.2. The number of aromatic nitrogens is 4. The number of hydrogen-bond donors (Lipinski definition) is 1. The summed E-state index contributed by atoms with van der Waals surface area (Å²) in [5, 5.41) is 14.9. The predicted octanol–water partition coefficient (Wildman–Crippen LogP) is 1.77. The van der Waals surface area contributed by atoms with Gasteiger partial charge in [0, 0.05) is 0 Å². The molecule has 0 bridgehead atoms. The number of hydrogen-bond acceptors (Lipinski definition) is 7. The number of rotatable bonds is 8. The SMILES string of the molecule is COC(=O)[C@@H](CC(C)C)NC(=O)CSc1nnnn1-c1ccccc1C. The van der Waals surface area contributed by atoms with Crippen molar-refractivity contribution < 1.29 is 14.3 Å². The molecule has 2 aromatic rings. The highest BCUT2D eigenvalue weighted by molar-refractivity contribution is 7.99. The van der Waals surface area contributed by atoms with E-state index in [1.807, 2.05) is 45.0 Å². The first-order valence-corrected chi connectivity index (χ1v) is 9.25. The molecule has 0 fully saturated rings. The quantitative estimate of drug-likeness (QED) is 0.553. The monoisotopic (exact) mass is 377 g/mol. The summed E-state index contributed by atoms with van der Waals surface area (Å²) >= 11 is 1.21. The van der Waals surface area contributed by atoms with Crippen LogP contribution in [0.1, 0.15) is 25.8 Å². The maximum Gasteiger partial charge on any atom is 0.328 e. The van der Waals surface area contributed by atoms with Crippen LogP contribution >= 0.6 is 11.8 Å². The summed E-state index contributed by atoms with van der Waals surface area (Å²) in [7, 11) is 1.31. The predicted molar refractivity (Wildman–Crippen MR) is 98.0 cm³/mol. The Hall–Kier alpha value is -2.42. The van der Waals surface area contributed by atoms with Crippen LogP contribution in [0.5, 0.6) is 0 Å². The van der Waals surface area contributed by atoms with Gasteiger partial charge in [0.25, 0.3) is 0 Å². The number of tetrazole rings is 1. The molecule has 140 valence electrons. The fourth-order valence-corrected chi connectivity index (χ4v) is 3.11. The lowest BCUT2D eigenvalue weighted by Gasteiger charge is -2.18. The number of carbonyl (C=O) groups excluding carboxylic acids is 2. The second kappa shape index (κ2) is 9.33. The number of para-hydroxylation sites is 1. The molecule has 0 aliphatic heterocycles. The van der Waals surface area contributed by atoms with Crippen LogP contribution in [0.15, 0.2) is 29.4 Å². The maximum absolute atomic E-state index is 12.2. The minimum Gasteiger partial charge on any atom is -0.467 e. The van der Waals surface area contributed by atoms with Crippen LogP contribution in [0.2, 0.25) is 0 Å². The molecule has 1 aromatic carbocycles. The van der Waals surface area contributed by atoms with E-state index in [-0.39, 0.29) is 17.6 Å². The van der Waals surface area contributed by atoms with Crippen LogP contribution in [0.4, 0.5) is 0 Å². The second-order valence-electron chi connectivity index (χ2n) is 6.22. The smallest absolute Gasteiger partial charge is 0.328 e. The standard InChI is InChI=1S/C17H23N5O3S/c1-11(2)9-13(16(24)25-4)18-15(23)10-26-17-19-20-21-22(17)14-8-6-5-7-12(14)3/h5-8,11,13H,9-10H2,1-4H3,(H,18,23)/t13-/m1/s1. The molecule has 0 saturated heterocycles. The average Bonchev–Trinajstić information content (AvgIpc) is 3.07. The van der Waals surface area contributed by atoms with E-state index in [0.717, 1.165) is 11.3 Å². The highest BCUT2D eigenvalue weighted by Gasteiger charge is 2.23. The summed E-state index contributed by atoms with van der Waals surface area (Å²) < 4.78 is 6.35. The number of methoxy groups -OCH3 is 1. The normalized spacial score (nSPS) is 12.0. The van der Waals surface area contributed by atoms with Crippen LogP contribution < -0.4 is 5.32 Å². The van der Waals surface area contributed by atoms with Gasteiger partial charge in [-0.1, -0.05) is 43.8 Å². The summed E-state index contributed by atoms with van der Waals surface area (Å²) in [6.07, 6.45) is 0.518. The highest BCUT2D eigenvalue weighted by Crippen LogP contribution is 2.20.